The molecule has 0 unspecified atom stereocenters. The molecule has 2 aromatic rings. The number of nitrogens with zero attached hydrogens (tertiary/aromatic N) is 1. The molecule has 0 bridgehead atoms. The van der Waals surface area contributed by atoms with E-state index < -0.39 is 5.60 Å². The summed E-state index contributed by atoms with van der Waals surface area (Å²) in [7, 11) is 1.66. The predicted octanol–water partition coefficient (Wildman–Crippen LogP) is 3.67. The Kier molecular flexibility index (Phi) is 4.93. The van der Waals surface area contributed by atoms with Crippen molar-refractivity contribution >= 4 is 0 Å². The van der Waals surface area contributed by atoms with Crippen LogP contribution in [0.25, 0.3) is 0 Å². The molecule has 3 rings (SSSR count). The van der Waals surface area contributed by atoms with Gasteiger partial charge in [0.05, 0.1) is 12.7 Å². The van der Waals surface area contributed by atoms with Gasteiger partial charge in [0.15, 0.2) is 0 Å². The zero-order valence-corrected chi connectivity index (χ0v) is 14.8. The second-order valence-electron chi connectivity index (χ2n) is 7.04. The van der Waals surface area contributed by atoms with E-state index in [2.05, 4.69) is 43.0 Å². The average molecular weight is 325 g/mol. The Hall–Kier alpha value is -1.84. The lowest BCUT2D eigenvalue weighted by Gasteiger charge is -2.48. The van der Waals surface area contributed by atoms with Crippen LogP contribution in [0.5, 0.6) is 5.75 Å². The molecule has 0 radical (unpaired) electrons. The summed E-state index contributed by atoms with van der Waals surface area (Å²) in [6.07, 6.45) is 0. The molecule has 3 heteroatoms. The molecule has 1 N–H and O–H groups in total. The highest BCUT2D eigenvalue weighted by Crippen LogP contribution is 2.41. The van der Waals surface area contributed by atoms with Crippen molar-refractivity contribution in [1.29, 1.82) is 0 Å². The third-order valence-electron chi connectivity index (χ3n) is 5.37. The van der Waals surface area contributed by atoms with Crippen molar-refractivity contribution in [3.63, 3.8) is 0 Å². The van der Waals surface area contributed by atoms with E-state index in [-0.39, 0.29) is 11.8 Å². The zero-order chi connectivity index (χ0) is 17.2. The van der Waals surface area contributed by atoms with Gasteiger partial charge in [0.25, 0.3) is 0 Å². The van der Waals surface area contributed by atoms with Crippen molar-refractivity contribution in [3.8, 4) is 5.75 Å². The molecule has 1 saturated heterocycles. The van der Waals surface area contributed by atoms with Crippen molar-refractivity contribution in [1.82, 2.24) is 4.90 Å². The summed E-state index contributed by atoms with van der Waals surface area (Å²) in [4.78, 5) is 2.45. The molecule has 1 fully saturated rings. The Morgan fingerprint density at radius 1 is 1.00 bits per heavy atom. The summed E-state index contributed by atoms with van der Waals surface area (Å²) in [6.45, 7) is 7.02. The van der Waals surface area contributed by atoms with E-state index in [0.717, 1.165) is 30.9 Å². The predicted molar refractivity (Wildman–Crippen MR) is 96.9 cm³/mol. The first-order valence-corrected chi connectivity index (χ1v) is 8.67. The summed E-state index contributed by atoms with van der Waals surface area (Å²) in [5.41, 5.74) is 1.52. The van der Waals surface area contributed by atoms with Gasteiger partial charge in [-0.15, -0.1) is 0 Å². The molecule has 0 saturated carbocycles. The van der Waals surface area contributed by atoms with Crippen LogP contribution < -0.4 is 4.74 Å². The first-order valence-electron chi connectivity index (χ1n) is 8.67. The lowest BCUT2D eigenvalue weighted by atomic mass is 9.70. The summed E-state index contributed by atoms with van der Waals surface area (Å²) in [5.74, 6) is 1.15. The SMILES string of the molecule is COc1ccc([C@@]2(O)[C@H](C)CN(Cc3ccccc3)C[C@@H]2C)cc1. The Morgan fingerprint density at radius 3 is 2.12 bits per heavy atom. The smallest absolute Gasteiger partial charge is 0.118 e. The number of methoxy groups -OCH3 is 1. The van der Waals surface area contributed by atoms with Gasteiger partial charge in [-0.3, -0.25) is 4.90 Å². The summed E-state index contributed by atoms with van der Waals surface area (Å²) >= 11 is 0. The molecule has 1 heterocycles. The number of benzene rings is 2. The Bertz CT molecular complexity index is 641. The number of rotatable bonds is 4. The van der Waals surface area contributed by atoms with Crippen LogP contribution in [-0.4, -0.2) is 30.2 Å². The van der Waals surface area contributed by atoms with Gasteiger partial charge < -0.3 is 9.84 Å². The molecule has 1 aliphatic heterocycles. The monoisotopic (exact) mass is 325 g/mol. The molecule has 0 amide bonds. The molecule has 0 aliphatic carbocycles. The molecule has 1 aliphatic rings. The van der Waals surface area contributed by atoms with Crippen LogP contribution in [0.15, 0.2) is 54.6 Å². The first kappa shape index (κ1) is 17.0. The maximum atomic E-state index is 11.5. The highest BCUT2D eigenvalue weighted by atomic mass is 16.5. The van der Waals surface area contributed by atoms with E-state index in [9.17, 15) is 5.11 Å². The minimum atomic E-state index is -0.792. The molecule has 3 nitrogen and oxygen atoms in total. The fourth-order valence-electron chi connectivity index (χ4n) is 4.01. The Morgan fingerprint density at radius 2 is 1.58 bits per heavy atom. The van der Waals surface area contributed by atoms with Crippen molar-refractivity contribution in [2.45, 2.75) is 26.0 Å². The van der Waals surface area contributed by atoms with Crippen LogP contribution in [0.2, 0.25) is 0 Å². The van der Waals surface area contributed by atoms with E-state index in [0.29, 0.717) is 0 Å². The van der Waals surface area contributed by atoms with Gasteiger partial charge >= 0.3 is 0 Å². The number of likely N-dealkylation sites (tertiary alicyclic amines) is 1. The third kappa shape index (κ3) is 3.19. The van der Waals surface area contributed by atoms with E-state index in [1.807, 2.05) is 30.3 Å². The first-order chi connectivity index (χ1) is 11.5. The highest BCUT2D eigenvalue weighted by Gasteiger charge is 2.45. The van der Waals surface area contributed by atoms with Crippen LogP contribution in [0.4, 0.5) is 0 Å². The highest BCUT2D eigenvalue weighted by molar-refractivity contribution is 5.32. The standard InChI is InChI=1S/C21H27NO2/c1-16-13-22(15-18-7-5-4-6-8-18)14-17(2)21(16,23)19-9-11-20(24-3)12-10-19/h4-12,16-17,23H,13-15H2,1-3H3/t16-,17+,21-. The largest absolute Gasteiger partial charge is 0.497 e. The maximum absolute atomic E-state index is 11.5. The number of ether oxygens (including phenoxy) is 1. The quantitative estimate of drug-likeness (QED) is 0.931. The number of piperidine rings is 1. The number of hydrogen-bond donors (Lipinski definition) is 1. The van der Waals surface area contributed by atoms with E-state index >= 15 is 0 Å². The van der Waals surface area contributed by atoms with Gasteiger partial charge in [0, 0.05) is 31.5 Å². The van der Waals surface area contributed by atoms with Gasteiger partial charge in [-0.25, -0.2) is 0 Å². The van der Waals surface area contributed by atoms with Gasteiger partial charge in [0.1, 0.15) is 5.75 Å². The molecular weight excluding hydrogens is 298 g/mol. The zero-order valence-electron chi connectivity index (χ0n) is 14.8. The average Bonchev–Trinajstić information content (AvgIpc) is 2.60. The van der Waals surface area contributed by atoms with Crippen LogP contribution in [-0.2, 0) is 12.1 Å². The topological polar surface area (TPSA) is 32.7 Å². The van der Waals surface area contributed by atoms with Gasteiger partial charge in [-0.05, 0) is 23.3 Å². The molecule has 2 aromatic carbocycles. The van der Waals surface area contributed by atoms with E-state index in [4.69, 9.17) is 4.74 Å². The lowest BCUT2D eigenvalue weighted by Crippen LogP contribution is -2.54. The molecular formula is C21H27NO2. The lowest BCUT2D eigenvalue weighted by molar-refractivity contribution is -0.114. The Balaban J connectivity index is 1.77. The molecule has 0 spiro atoms. The summed E-state index contributed by atoms with van der Waals surface area (Å²) in [6, 6.07) is 18.4. The van der Waals surface area contributed by atoms with E-state index in [1.54, 1.807) is 7.11 Å². The fraction of sp³-hybridized carbons (Fsp3) is 0.429. The van der Waals surface area contributed by atoms with Crippen LogP contribution in [0, 0.1) is 11.8 Å². The van der Waals surface area contributed by atoms with Crippen LogP contribution in [0.3, 0.4) is 0 Å². The van der Waals surface area contributed by atoms with Crippen molar-refractivity contribution < 1.29 is 9.84 Å². The molecule has 128 valence electrons. The van der Waals surface area contributed by atoms with Gasteiger partial charge in [-0.2, -0.15) is 0 Å². The van der Waals surface area contributed by atoms with Crippen LogP contribution in [0.1, 0.15) is 25.0 Å². The van der Waals surface area contributed by atoms with Crippen molar-refractivity contribution in [2.24, 2.45) is 11.8 Å². The van der Waals surface area contributed by atoms with Gasteiger partial charge in [0.2, 0.25) is 0 Å². The number of hydrogen-bond acceptors (Lipinski definition) is 3. The summed E-state index contributed by atoms with van der Waals surface area (Å²) in [5, 5.41) is 11.5. The van der Waals surface area contributed by atoms with Crippen LogP contribution >= 0.6 is 0 Å². The van der Waals surface area contributed by atoms with Crippen molar-refractivity contribution in [3.05, 3.63) is 65.7 Å². The maximum Gasteiger partial charge on any atom is 0.118 e. The van der Waals surface area contributed by atoms with Gasteiger partial charge in [-0.1, -0.05) is 56.3 Å². The number of aliphatic hydroxyl groups is 1. The minimum absolute atomic E-state index is 0.165. The fourth-order valence-corrected chi connectivity index (χ4v) is 4.01. The van der Waals surface area contributed by atoms with E-state index in [1.165, 1.54) is 5.56 Å². The second kappa shape index (κ2) is 6.96. The minimum Gasteiger partial charge on any atom is -0.497 e. The summed E-state index contributed by atoms with van der Waals surface area (Å²) < 4.78 is 5.24. The second-order valence-corrected chi connectivity index (χ2v) is 7.04. The third-order valence-corrected chi connectivity index (χ3v) is 5.37. The molecule has 3 atom stereocenters. The normalized spacial score (nSPS) is 27.8. The molecule has 24 heavy (non-hydrogen) atoms. The Labute approximate surface area is 144 Å². The molecule has 0 aromatic heterocycles. The van der Waals surface area contributed by atoms with Crippen molar-refractivity contribution in [2.75, 3.05) is 20.2 Å².